The van der Waals surface area contributed by atoms with Crippen molar-refractivity contribution >= 4 is 33.3 Å². The van der Waals surface area contributed by atoms with Gasteiger partial charge in [0.05, 0.1) is 4.90 Å². The molecule has 4 N–H and O–H groups in total. The zero-order valence-electron chi connectivity index (χ0n) is 18.5. The lowest BCUT2D eigenvalue weighted by Gasteiger charge is -2.20. The van der Waals surface area contributed by atoms with Gasteiger partial charge in [0.25, 0.3) is 0 Å². The van der Waals surface area contributed by atoms with Gasteiger partial charge in [-0.3, -0.25) is 4.79 Å². The fourth-order valence-corrected chi connectivity index (χ4v) is 4.07. The molecule has 0 radical (unpaired) electrons. The summed E-state index contributed by atoms with van der Waals surface area (Å²) in [4.78, 5) is 24.7. The Morgan fingerprint density at radius 2 is 1.53 bits per heavy atom. The van der Waals surface area contributed by atoms with Crippen molar-refractivity contribution in [3.05, 3.63) is 66.7 Å². The quantitative estimate of drug-likeness (QED) is 0.407. The van der Waals surface area contributed by atoms with E-state index in [-0.39, 0.29) is 16.8 Å². The first-order valence-corrected chi connectivity index (χ1v) is 11.7. The van der Waals surface area contributed by atoms with Crippen molar-refractivity contribution in [3.63, 3.8) is 0 Å². The molecule has 2 aromatic carbocycles. The standard InChI is InChI=1S/C23H30N4O4S/c1-5-14-24-23(29)26-19-10-8-18(9-11-19)25-22(28)21(15-16(2)3)27-32(30,31)20-12-6-17(4)7-13-20/h5-13,16,21,27H,1,14-15H2,2-4H3,(H,25,28)(H2,24,26,29). The lowest BCUT2D eigenvalue weighted by molar-refractivity contribution is -0.118. The Morgan fingerprint density at radius 3 is 2.06 bits per heavy atom. The van der Waals surface area contributed by atoms with E-state index in [0.717, 1.165) is 5.56 Å². The summed E-state index contributed by atoms with van der Waals surface area (Å²) in [5, 5.41) is 7.99. The lowest BCUT2D eigenvalue weighted by Crippen LogP contribution is -2.44. The smallest absolute Gasteiger partial charge is 0.319 e. The summed E-state index contributed by atoms with van der Waals surface area (Å²) in [7, 11) is -3.86. The van der Waals surface area contributed by atoms with Crippen molar-refractivity contribution in [2.24, 2.45) is 5.92 Å². The van der Waals surface area contributed by atoms with E-state index in [9.17, 15) is 18.0 Å². The molecule has 172 valence electrons. The van der Waals surface area contributed by atoms with Gasteiger partial charge in [-0.05, 0) is 55.7 Å². The molecule has 0 aromatic heterocycles. The highest BCUT2D eigenvalue weighted by molar-refractivity contribution is 7.89. The van der Waals surface area contributed by atoms with Gasteiger partial charge >= 0.3 is 6.03 Å². The number of hydrogen-bond donors (Lipinski definition) is 4. The maximum Gasteiger partial charge on any atom is 0.319 e. The van der Waals surface area contributed by atoms with Gasteiger partial charge in [-0.15, -0.1) is 6.58 Å². The first-order valence-electron chi connectivity index (χ1n) is 10.3. The van der Waals surface area contributed by atoms with E-state index in [2.05, 4.69) is 27.3 Å². The van der Waals surface area contributed by atoms with E-state index in [1.54, 1.807) is 42.5 Å². The number of nitrogens with one attached hydrogen (secondary N) is 4. The molecule has 0 saturated carbocycles. The third kappa shape index (κ3) is 7.82. The van der Waals surface area contributed by atoms with E-state index < -0.39 is 22.0 Å². The lowest BCUT2D eigenvalue weighted by atomic mass is 10.0. The first kappa shape index (κ1) is 25.1. The fourth-order valence-electron chi connectivity index (χ4n) is 2.86. The molecule has 2 aromatic rings. The van der Waals surface area contributed by atoms with Crippen molar-refractivity contribution in [1.29, 1.82) is 0 Å². The number of urea groups is 1. The Kier molecular flexibility index (Phi) is 8.98. The summed E-state index contributed by atoms with van der Waals surface area (Å²) in [6, 6.07) is 11.7. The molecule has 0 heterocycles. The second-order valence-corrected chi connectivity index (χ2v) is 9.52. The maximum absolute atomic E-state index is 12.9. The third-order valence-electron chi connectivity index (χ3n) is 4.47. The molecule has 0 bridgehead atoms. The summed E-state index contributed by atoms with van der Waals surface area (Å²) in [5.41, 5.74) is 1.97. The van der Waals surface area contributed by atoms with Crippen LogP contribution in [0.1, 0.15) is 25.8 Å². The van der Waals surface area contributed by atoms with Gasteiger partial charge in [-0.2, -0.15) is 4.72 Å². The fraction of sp³-hybridized carbons (Fsp3) is 0.304. The van der Waals surface area contributed by atoms with E-state index in [1.165, 1.54) is 12.1 Å². The molecular formula is C23H30N4O4S. The van der Waals surface area contributed by atoms with Crippen LogP contribution in [0.2, 0.25) is 0 Å². The molecular weight excluding hydrogens is 428 g/mol. The van der Waals surface area contributed by atoms with Gasteiger partial charge in [0.15, 0.2) is 0 Å². The summed E-state index contributed by atoms with van der Waals surface area (Å²) in [6.45, 7) is 9.57. The summed E-state index contributed by atoms with van der Waals surface area (Å²) in [5.74, 6) is -0.369. The van der Waals surface area contributed by atoms with Crippen molar-refractivity contribution in [1.82, 2.24) is 10.0 Å². The van der Waals surface area contributed by atoms with E-state index in [0.29, 0.717) is 24.3 Å². The van der Waals surface area contributed by atoms with Crippen LogP contribution in [-0.2, 0) is 14.8 Å². The minimum atomic E-state index is -3.86. The van der Waals surface area contributed by atoms with Crippen LogP contribution >= 0.6 is 0 Å². The Morgan fingerprint density at radius 1 is 0.969 bits per heavy atom. The Labute approximate surface area is 189 Å². The minimum absolute atomic E-state index is 0.0899. The second kappa shape index (κ2) is 11.4. The van der Waals surface area contributed by atoms with Crippen LogP contribution in [0.25, 0.3) is 0 Å². The number of rotatable bonds is 10. The normalized spacial score (nSPS) is 12.1. The molecule has 0 aliphatic heterocycles. The molecule has 32 heavy (non-hydrogen) atoms. The zero-order valence-corrected chi connectivity index (χ0v) is 19.3. The predicted molar refractivity (Wildman–Crippen MR) is 127 cm³/mol. The molecule has 1 unspecified atom stereocenters. The van der Waals surface area contributed by atoms with E-state index in [4.69, 9.17) is 0 Å². The number of carbonyl (C=O) groups excluding carboxylic acids is 2. The number of hydrogen-bond acceptors (Lipinski definition) is 4. The average molecular weight is 459 g/mol. The molecule has 2 rings (SSSR count). The third-order valence-corrected chi connectivity index (χ3v) is 5.96. The van der Waals surface area contributed by atoms with Gasteiger partial charge in [0.2, 0.25) is 15.9 Å². The number of carbonyl (C=O) groups is 2. The SMILES string of the molecule is C=CCNC(=O)Nc1ccc(NC(=O)C(CC(C)C)NS(=O)(=O)c2ccc(C)cc2)cc1. The summed E-state index contributed by atoms with van der Waals surface area (Å²) >= 11 is 0. The summed E-state index contributed by atoms with van der Waals surface area (Å²) in [6.07, 6.45) is 1.90. The van der Waals surface area contributed by atoms with Gasteiger partial charge in [0, 0.05) is 17.9 Å². The topological polar surface area (TPSA) is 116 Å². The Balaban J connectivity index is 2.08. The van der Waals surface area contributed by atoms with Crippen LogP contribution in [0, 0.1) is 12.8 Å². The highest BCUT2D eigenvalue weighted by atomic mass is 32.2. The highest BCUT2D eigenvalue weighted by Gasteiger charge is 2.26. The number of anilines is 2. The highest BCUT2D eigenvalue weighted by Crippen LogP contribution is 2.17. The molecule has 8 nitrogen and oxygen atoms in total. The summed E-state index contributed by atoms with van der Waals surface area (Å²) < 4.78 is 28.1. The van der Waals surface area contributed by atoms with E-state index >= 15 is 0 Å². The van der Waals surface area contributed by atoms with Crippen LogP contribution in [0.3, 0.4) is 0 Å². The molecule has 0 spiro atoms. The van der Waals surface area contributed by atoms with Crippen molar-refractivity contribution in [2.75, 3.05) is 17.2 Å². The number of benzene rings is 2. The minimum Gasteiger partial charge on any atom is -0.334 e. The molecule has 3 amide bonds. The molecule has 9 heteroatoms. The largest absolute Gasteiger partial charge is 0.334 e. The van der Waals surface area contributed by atoms with Crippen LogP contribution in [0.15, 0.2) is 66.1 Å². The second-order valence-electron chi connectivity index (χ2n) is 7.81. The monoisotopic (exact) mass is 458 g/mol. The van der Waals surface area contributed by atoms with E-state index in [1.807, 2.05) is 20.8 Å². The van der Waals surface area contributed by atoms with Gasteiger partial charge in [-0.1, -0.05) is 37.6 Å². The van der Waals surface area contributed by atoms with Crippen molar-refractivity contribution in [3.8, 4) is 0 Å². The van der Waals surface area contributed by atoms with Gasteiger partial charge in [0.1, 0.15) is 6.04 Å². The number of amides is 3. The molecule has 0 aliphatic rings. The maximum atomic E-state index is 12.9. The zero-order chi connectivity index (χ0) is 23.7. The molecule has 1 atom stereocenters. The van der Waals surface area contributed by atoms with Crippen LogP contribution < -0.4 is 20.7 Å². The van der Waals surface area contributed by atoms with Crippen LogP contribution in [0.5, 0.6) is 0 Å². The molecule has 0 saturated heterocycles. The average Bonchev–Trinajstić information content (AvgIpc) is 2.73. The predicted octanol–water partition coefficient (Wildman–Crippen LogP) is 3.63. The van der Waals surface area contributed by atoms with Gasteiger partial charge in [-0.25, -0.2) is 13.2 Å². The Hall–Kier alpha value is -3.17. The molecule has 0 fully saturated rings. The van der Waals surface area contributed by atoms with Crippen molar-refractivity contribution in [2.45, 2.75) is 38.1 Å². The number of sulfonamides is 1. The Bertz CT molecular complexity index is 1030. The number of aryl methyl sites for hydroxylation is 1. The van der Waals surface area contributed by atoms with Gasteiger partial charge < -0.3 is 16.0 Å². The molecule has 0 aliphatic carbocycles. The van der Waals surface area contributed by atoms with Crippen LogP contribution in [-0.4, -0.2) is 32.9 Å². The first-order chi connectivity index (χ1) is 15.1. The van der Waals surface area contributed by atoms with Crippen molar-refractivity contribution < 1.29 is 18.0 Å². The van der Waals surface area contributed by atoms with Crippen LogP contribution in [0.4, 0.5) is 16.2 Å².